The Morgan fingerprint density at radius 3 is 2.61 bits per heavy atom. The Hall–Kier alpha value is -1.63. The largest absolute Gasteiger partial charge is 0.480 e. The second-order valence-electron chi connectivity index (χ2n) is 6.55. The highest BCUT2D eigenvalue weighted by atomic mass is 16.4. The zero-order chi connectivity index (χ0) is 17.0. The quantitative estimate of drug-likeness (QED) is 0.654. The lowest BCUT2D eigenvalue weighted by molar-refractivity contribution is -0.145. The van der Waals surface area contributed by atoms with Crippen molar-refractivity contribution in [2.75, 3.05) is 13.1 Å². The van der Waals surface area contributed by atoms with E-state index in [1.165, 1.54) is 0 Å². The highest BCUT2D eigenvalue weighted by Crippen LogP contribution is 2.21. The molecule has 0 aromatic heterocycles. The summed E-state index contributed by atoms with van der Waals surface area (Å²) >= 11 is 0. The molecule has 23 heavy (non-hydrogen) atoms. The number of aliphatic carboxylic acids is 1. The summed E-state index contributed by atoms with van der Waals surface area (Å²) < 4.78 is 0. The van der Waals surface area contributed by atoms with Gasteiger partial charge in [0.1, 0.15) is 12.1 Å². The van der Waals surface area contributed by atoms with Gasteiger partial charge in [-0.25, -0.2) is 4.79 Å². The van der Waals surface area contributed by atoms with Gasteiger partial charge in [0.2, 0.25) is 11.8 Å². The molecule has 0 spiro atoms. The molecule has 0 aromatic carbocycles. The van der Waals surface area contributed by atoms with Gasteiger partial charge >= 0.3 is 5.97 Å². The average molecular weight is 325 g/mol. The smallest absolute Gasteiger partial charge is 0.326 e. The minimum Gasteiger partial charge on any atom is -0.480 e. The van der Waals surface area contributed by atoms with Crippen LogP contribution in [0.3, 0.4) is 0 Å². The Labute approximate surface area is 136 Å². The van der Waals surface area contributed by atoms with Gasteiger partial charge in [0.25, 0.3) is 0 Å². The molecule has 2 saturated heterocycles. The van der Waals surface area contributed by atoms with Crippen LogP contribution in [0.15, 0.2) is 0 Å². The Balaban J connectivity index is 2.02. The van der Waals surface area contributed by atoms with Crippen LogP contribution in [0.2, 0.25) is 0 Å². The summed E-state index contributed by atoms with van der Waals surface area (Å²) in [5.41, 5.74) is 0. The number of nitrogens with zero attached hydrogens (tertiary/aromatic N) is 1. The van der Waals surface area contributed by atoms with Crippen molar-refractivity contribution in [3.8, 4) is 0 Å². The Bertz CT molecular complexity index is 462. The predicted octanol–water partition coefficient (Wildman–Crippen LogP) is 0.345. The zero-order valence-corrected chi connectivity index (χ0v) is 13.9. The summed E-state index contributed by atoms with van der Waals surface area (Å²) in [4.78, 5) is 38.0. The molecule has 7 heteroatoms. The predicted molar refractivity (Wildman–Crippen MR) is 84.8 cm³/mol. The van der Waals surface area contributed by atoms with Gasteiger partial charge in [0, 0.05) is 6.54 Å². The van der Waals surface area contributed by atoms with Gasteiger partial charge in [0.05, 0.1) is 6.04 Å². The molecule has 3 N–H and O–H groups in total. The van der Waals surface area contributed by atoms with Crippen molar-refractivity contribution in [2.24, 2.45) is 5.92 Å². The molecule has 0 saturated carbocycles. The first kappa shape index (κ1) is 17.7. The third-order valence-corrected chi connectivity index (χ3v) is 4.97. The van der Waals surface area contributed by atoms with Crippen molar-refractivity contribution in [1.29, 1.82) is 0 Å². The van der Waals surface area contributed by atoms with E-state index in [-0.39, 0.29) is 23.8 Å². The van der Waals surface area contributed by atoms with Crippen molar-refractivity contribution < 1.29 is 19.5 Å². The number of amides is 2. The first-order valence-corrected chi connectivity index (χ1v) is 8.52. The number of likely N-dealkylation sites (tertiary alicyclic amines) is 1. The fourth-order valence-corrected chi connectivity index (χ4v) is 3.33. The van der Waals surface area contributed by atoms with Crippen molar-refractivity contribution in [3.05, 3.63) is 0 Å². The van der Waals surface area contributed by atoms with E-state index < -0.39 is 18.1 Å². The van der Waals surface area contributed by atoms with Gasteiger partial charge in [-0.1, -0.05) is 20.3 Å². The van der Waals surface area contributed by atoms with Crippen LogP contribution in [0.1, 0.15) is 46.0 Å². The molecule has 4 atom stereocenters. The fourth-order valence-electron chi connectivity index (χ4n) is 3.33. The van der Waals surface area contributed by atoms with Crippen LogP contribution in [0.5, 0.6) is 0 Å². The summed E-state index contributed by atoms with van der Waals surface area (Å²) in [7, 11) is 0. The van der Waals surface area contributed by atoms with Gasteiger partial charge in [-0.05, 0) is 38.1 Å². The minimum atomic E-state index is -1.03. The number of carbonyl (C=O) groups is 3. The van der Waals surface area contributed by atoms with Gasteiger partial charge in [-0.2, -0.15) is 0 Å². The van der Waals surface area contributed by atoms with E-state index in [2.05, 4.69) is 10.6 Å². The Morgan fingerprint density at radius 1 is 1.30 bits per heavy atom. The van der Waals surface area contributed by atoms with Gasteiger partial charge in [-0.15, -0.1) is 0 Å². The van der Waals surface area contributed by atoms with E-state index in [1.54, 1.807) is 11.8 Å². The van der Waals surface area contributed by atoms with E-state index in [0.717, 1.165) is 25.8 Å². The van der Waals surface area contributed by atoms with Gasteiger partial charge in [0.15, 0.2) is 0 Å². The van der Waals surface area contributed by atoms with Crippen LogP contribution >= 0.6 is 0 Å². The molecule has 2 aliphatic heterocycles. The average Bonchev–Trinajstić information content (AvgIpc) is 3.21. The summed E-state index contributed by atoms with van der Waals surface area (Å²) in [6.45, 7) is 5.09. The summed E-state index contributed by atoms with van der Waals surface area (Å²) in [5.74, 6) is -1.56. The van der Waals surface area contributed by atoms with E-state index in [4.69, 9.17) is 0 Å². The maximum atomic E-state index is 12.5. The zero-order valence-electron chi connectivity index (χ0n) is 13.9. The number of rotatable bonds is 6. The highest BCUT2D eigenvalue weighted by molar-refractivity contribution is 5.92. The number of carboxylic acids is 1. The topological polar surface area (TPSA) is 98.7 Å². The highest BCUT2D eigenvalue weighted by Gasteiger charge is 2.39. The molecule has 2 aliphatic rings. The molecule has 0 radical (unpaired) electrons. The minimum absolute atomic E-state index is 0.0319. The first-order valence-electron chi connectivity index (χ1n) is 8.52. The standard InChI is InChI=1S/C16H27N3O4/c1-3-10(2)13(16(22)23)18-14(20)12-7-5-9-19(12)15(21)11-6-4-8-17-11/h10-13,17H,3-9H2,1-2H3,(H,18,20)(H,22,23). The van der Waals surface area contributed by atoms with Crippen molar-refractivity contribution in [1.82, 2.24) is 15.5 Å². The van der Waals surface area contributed by atoms with Gasteiger partial charge in [-0.3, -0.25) is 9.59 Å². The van der Waals surface area contributed by atoms with Crippen LogP contribution in [0, 0.1) is 5.92 Å². The first-order chi connectivity index (χ1) is 11.0. The van der Waals surface area contributed by atoms with E-state index in [9.17, 15) is 19.5 Å². The Morgan fingerprint density at radius 2 is 2.04 bits per heavy atom. The Kier molecular flexibility index (Phi) is 5.98. The van der Waals surface area contributed by atoms with E-state index in [0.29, 0.717) is 19.4 Å². The number of carboxylic acid groups (broad SMARTS) is 1. The van der Waals surface area contributed by atoms with Crippen LogP contribution in [0.25, 0.3) is 0 Å². The van der Waals surface area contributed by atoms with Crippen molar-refractivity contribution in [2.45, 2.75) is 64.1 Å². The molecular weight excluding hydrogens is 298 g/mol. The molecule has 2 heterocycles. The summed E-state index contributed by atoms with van der Waals surface area (Å²) in [6.07, 6.45) is 3.80. The lowest BCUT2D eigenvalue weighted by Crippen LogP contribution is -2.54. The molecule has 0 aromatic rings. The second-order valence-corrected chi connectivity index (χ2v) is 6.55. The number of carbonyl (C=O) groups excluding carboxylic acids is 2. The third-order valence-electron chi connectivity index (χ3n) is 4.97. The number of hydrogen-bond donors (Lipinski definition) is 3. The maximum Gasteiger partial charge on any atom is 0.326 e. The second kappa shape index (κ2) is 7.77. The van der Waals surface area contributed by atoms with Crippen molar-refractivity contribution in [3.63, 3.8) is 0 Å². The molecule has 4 unspecified atom stereocenters. The van der Waals surface area contributed by atoms with Crippen LogP contribution in [0.4, 0.5) is 0 Å². The molecule has 130 valence electrons. The van der Waals surface area contributed by atoms with E-state index in [1.807, 2.05) is 6.92 Å². The summed E-state index contributed by atoms with van der Waals surface area (Å²) in [5, 5.41) is 15.1. The molecular formula is C16H27N3O4. The number of hydrogen-bond acceptors (Lipinski definition) is 4. The molecule has 0 bridgehead atoms. The molecule has 2 amide bonds. The summed E-state index contributed by atoms with van der Waals surface area (Å²) in [6, 6.07) is -1.65. The normalized spacial score (nSPS) is 26.8. The maximum absolute atomic E-state index is 12.5. The molecule has 2 rings (SSSR count). The lowest BCUT2D eigenvalue weighted by Gasteiger charge is -2.28. The fraction of sp³-hybridized carbons (Fsp3) is 0.812. The third kappa shape index (κ3) is 4.02. The SMILES string of the molecule is CCC(C)C(NC(=O)C1CCCN1C(=O)C1CCCN1)C(=O)O. The lowest BCUT2D eigenvalue weighted by atomic mass is 9.98. The van der Waals surface area contributed by atoms with Crippen molar-refractivity contribution >= 4 is 17.8 Å². The van der Waals surface area contributed by atoms with Crippen LogP contribution < -0.4 is 10.6 Å². The molecule has 0 aliphatic carbocycles. The van der Waals surface area contributed by atoms with Crippen LogP contribution in [-0.2, 0) is 14.4 Å². The van der Waals surface area contributed by atoms with Crippen LogP contribution in [-0.4, -0.2) is 59.0 Å². The van der Waals surface area contributed by atoms with E-state index >= 15 is 0 Å². The molecule has 7 nitrogen and oxygen atoms in total. The monoisotopic (exact) mass is 325 g/mol. The number of nitrogens with one attached hydrogen (secondary N) is 2. The van der Waals surface area contributed by atoms with Gasteiger partial charge < -0.3 is 20.6 Å². The molecule has 2 fully saturated rings.